The van der Waals surface area contributed by atoms with Crippen molar-refractivity contribution in [2.24, 2.45) is 0 Å². The second kappa shape index (κ2) is 9.57. The summed E-state index contributed by atoms with van der Waals surface area (Å²) in [6.07, 6.45) is 0. The molecule has 7 aromatic carbocycles. The number of hydrogen-bond acceptors (Lipinski definition) is 1. The molecule has 0 atom stereocenters. The van der Waals surface area contributed by atoms with Gasteiger partial charge in [-0.15, -0.1) is 0 Å². The molecule has 1 aliphatic rings. The van der Waals surface area contributed by atoms with E-state index in [1.807, 2.05) is 0 Å². The lowest BCUT2D eigenvalue weighted by atomic mass is 9.82. The van der Waals surface area contributed by atoms with E-state index in [-0.39, 0.29) is 5.41 Å². The summed E-state index contributed by atoms with van der Waals surface area (Å²) in [5, 5.41) is 5.18. The fourth-order valence-corrected chi connectivity index (χ4v) is 8.27. The van der Waals surface area contributed by atoms with E-state index in [0.29, 0.717) is 0 Å². The molecule has 2 nitrogen and oxygen atoms in total. The van der Waals surface area contributed by atoms with Crippen LogP contribution in [0.3, 0.4) is 0 Å². The number of hydrogen-bond donors (Lipinski definition) is 0. The molecule has 2 heterocycles. The summed E-state index contributed by atoms with van der Waals surface area (Å²) in [6, 6.07) is 58.1. The van der Waals surface area contributed by atoms with Crippen molar-refractivity contribution in [3.8, 4) is 22.3 Å². The first-order chi connectivity index (χ1) is 23.1. The van der Waals surface area contributed by atoms with Crippen molar-refractivity contribution in [3.05, 3.63) is 169 Å². The van der Waals surface area contributed by atoms with Crippen LogP contribution in [0.25, 0.3) is 60.3 Å². The molecule has 2 heteroatoms. The van der Waals surface area contributed by atoms with Gasteiger partial charge in [0.15, 0.2) is 0 Å². The molecule has 0 fully saturated rings. The minimum absolute atomic E-state index is 0.0804. The molecule has 0 saturated carbocycles. The first-order valence-corrected chi connectivity index (χ1v) is 16.4. The van der Waals surface area contributed by atoms with Gasteiger partial charge in [-0.05, 0) is 81.9 Å². The van der Waals surface area contributed by atoms with Crippen LogP contribution in [0, 0.1) is 0 Å². The van der Waals surface area contributed by atoms with E-state index in [9.17, 15) is 0 Å². The Balaban J connectivity index is 1.19. The molecule has 9 aromatic rings. The Hall–Kier alpha value is -5.86. The lowest BCUT2D eigenvalue weighted by Gasteiger charge is -2.28. The van der Waals surface area contributed by atoms with Gasteiger partial charge in [0.2, 0.25) is 0 Å². The van der Waals surface area contributed by atoms with Gasteiger partial charge in [-0.1, -0.05) is 123 Å². The number of fused-ring (bicyclic) bond motifs is 9. The molecule has 222 valence electrons. The first-order valence-electron chi connectivity index (χ1n) is 16.4. The van der Waals surface area contributed by atoms with E-state index in [0.717, 1.165) is 11.4 Å². The van der Waals surface area contributed by atoms with Crippen molar-refractivity contribution in [1.82, 2.24) is 4.40 Å². The van der Waals surface area contributed by atoms with Gasteiger partial charge in [0.1, 0.15) is 0 Å². The highest BCUT2D eigenvalue weighted by Gasteiger charge is 2.35. The third kappa shape index (κ3) is 3.67. The Morgan fingerprint density at radius 2 is 1.02 bits per heavy atom. The van der Waals surface area contributed by atoms with E-state index in [1.54, 1.807) is 0 Å². The second-order valence-corrected chi connectivity index (χ2v) is 13.4. The number of rotatable bonds is 4. The lowest BCUT2D eigenvalue weighted by molar-refractivity contribution is 0.660. The van der Waals surface area contributed by atoms with E-state index in [1.165, 1.54) is 77.2 Å². The minimum atomic E-state index is -0.0804. The molecule has 0 bridgehead atoms. The molecule has 1 aliphatic carbocycles. The standard InChI is InChI=1S/C45H32N2/c1-45(2)40-17-8-6-13-34(40)35-25-23-33(28-41(35)45)46(31-21-19-30(20-22-31)29-11-4-3-5-12-29)32-24-26-43-39(27-32)38-16-10-15-37-36-14-7-9-18-42(36)47(43)44(37)38/h3-28H,1-2H3. The van der Waals surface area contributed by atoms with Crippen molar-refractivity contribution in [1.29, 1.82) is 0 Å². The van der Waals surface area contributed by atoms with Crippen molar-refractivity contribution >= 4 is 55.2 Å². The van der Waals surface area contributed by atoms with Crippen LogP contribution < -0.4 is 4.90 Å². The van der Waals surface area contributed by atoms with Crippen LogP contribution in [0.15, 0.2) is 158 Å². The average Bonchev–Trinajstić information content (AvgIpc) is 3.72. The highest BCUT2D eigenvalue weighted by molar-refractivity contribution is 6.23. The normalized spacial score (nSPS) is 13.5. The van der Waals surface area contributed by atoms with Crippen molar-refractivity contribution in [3.63, 3.8) is 0 Å². The Morgan fingerprint density at radius 3 is 1.87 bits per heavy atom. The Labute approximate surface area is 274 Å². The van der Waals surface area contributed by atoms with Gasteiger partial charge in [-0.2, -0.15) is 0 Å². The second-order valence-electron chi connectivity index (χ2n) is 13.4. The van der Waals surface area contributed by atoms with Crippen LogP contribution >= 0.6 is 0 Å². The summed E-state index contributed by atoms with van der Waals surface area (Å²) >= 11 is 0. The third-order valence-corrected chi connectivity index (χ3v) is 10.5. The molecular weight excluding hydrogens is 569 g/mol. The number of para-hydroxylation sites is 2. The minimum Gasteiger partial charge on any atom is -0.310 e. The molecule has 0 radical (unpaired) electrons. The van der Waals surface area contributed by atoms with Crippen LogP contribution in [0.4, 0.5) is 17.1 Å². The Kier molecular flexibility index (Phi) is 5.37. The zero-order valence-corrected chi connectivity index (χ0v) is 26.4. The SMILES string of the molecule is CC1(C)c2ccccc2-c2ccc(N(c3ccc(-c4ccccc4)cc3)c3ccc4c(c3)c3cccc5c6ccccc6n4c53)cc21. The lowest BCUT2D eigenvalue weighted by Crippen LogP contribution is -2.16. The van der Waals surface area contributed by atoms with Crippen molar-refractivity contribution < 1.29 is 0 Å². The molecule has 0 saturated heterocycles. The molecule has 47 heavy (non-hydrogen) atoms. The first kappa shape index (κ1) is 26.4. The molecule has 2 aromatic heterocycles. The number of benzene rings is 7. The van der Waals surface area contributed by atoms with Crippen molar-refractivity contribution in [2.45, 2.75) is 19.3 Å². The Morgan fingerprint density at radius 1 is 0.426 bits per heavy atom. The van der Waals surface area contributed by atoms with Gasteiger partial charge in [0.05, 0.1) is 16.6 Å². The largest absolute Gasteiger partial charge is 0.310 e. The number of anilines is 3. The van der Waals surface area contributed by atoms with Crippen LogP contribution in [-0.4, -0.2) is 4.40 Å². The van der Waals surface area contributed by atoms with Crippen LogP contribution in [0.2, 0.25) is 0 Å². The summed E-state index contributed by atoms with van der Waals surface area (Å²) in [7, 11) is 0. The van der Waals surface area contributed by atoms with Gasteiger partial charge in [-0.3, -0.25) is 0 Å². The van der Waals surface area contributed by atoms with Gasteiger partial charge < -0.3 is 9.30 Å². The Bertz CT molecular complexity index is 2640. The predicted octanol–water partition coefficient (Wildman–Crippen LogP) is 12.3. The average molecular weight is 601 g/mol. The topological polar surface area (TPSA) is 7.65 Å². The summed E-state index contributed by atoms with van der Waals surface area (Å²) in [4.78, 5) is 2.43. The van der Waals surface area contributed by atoms with Gasteiger partial charge in [-0.25, -0.2) is 0 Å². The molecule has 0 amide bonds. The summed E-state index contributed by atoms with van der Waals surface area (Å²) in [5.41, 5.74) is 15.1. The van der Waals surface area contributed by atoms with Crippen LogP contribution in [-0.2, 0) is 5.41 Å². The highest BCUT2D eigenvalue weighted by Crippen LogP contribution is 2.51. The smallest absolute Gasteiger partial charge is 0.0620 e. The third-order valence-electron chi connectivity index (χ3n) is 10.5. The maximum Gasteiger partial charge on any atom is 0.0620 e. The van der Waals surface area contributed by atoms with Crippen LogP contribution in [0.1, 0.15) is 25.0 Å². The van der Waals surface area contributed by atoms with Gasteiger partial charge >= 0.3 is 0 Å². The fraction of sp³-hybridized carbons (Fsp3) is 0.0667. The fourth-order valence-electron chi connectivity index (χ4n) is 8.27. The number of aromatic nitrogens is 1. The van der Waals surface area contributed by atoms with Crippen LogP contribution in [0.5, 0.6) is 0 Å². The summed E-state index contributed by atoms with van der Waals surface area (Å²) in [5.74, 6) is 0. The van der Waals surface area contributed by atoms with E-state index in [2.05, 4.69) is 181 Å². The van der Waals surface area contributed by atoms with Crippen molar-refractivity contribution in [2.75, 3.05) is 4.90 Å². The molecule has 0 aliphatic heterocycles. The molecule has 0 N–H and O–H groups in total. The molecule has 0 spiro atoms. The zero-order valence-electron chi connectivity index (χ0n) is 26.4. The monoisotopic (exact) mass is 600 g/mol. The quantitative estimate of drug-likeness (QED) is 0.195. The van der Waals surface area contributed by atoms with Gasteiger partial charge in [0, 0.05) is 44.0 Å². The van der Waals surface area contributed by atoms with E-state index < -0.39 is 0 Å². The maximum atomic E-state index is 2.45. The zero-order chi connectivity index (χ0) is 31.3. The predicted molar refractivity (Wildman–Crippen MR) is 199 cm³/mol. The molecule has 0 unspecified atom stereocenters. The number of nitrogens with zero attached hydrogens (tertiary/aromatic N) is 2. The van der Waals surface area contributed by atoms with E-state index in [4.69, 9.17) is 0 Å². The van der Waals surface area contributed by atoms with E-state index >= 15 is 0 Å². The van der Waals surface area contributed by atoms with Gasteiger partial charge in [0.25, 0.3) is 0 Å². The highest BCUT2D eigenvalue weighted by atomic mass is 15.1. The summed E-state index contributed by atoms with van der Waals surface area (Å²) < 4.78 is 2.45. The summed E-state index contributed by atoms with van der Waals surface area (Å²) in [6.45, 7) is 4.71. The molecule has 10 rings (SSSR count). The maximum absolute atomic E-state index is 2.45. The molecular formula is C45H32N2.